The molecule has 2 aromatic rings. The molecule has 0 radical (unpaired) electrons. The van der Waals surface area contributed by atoms with Crippen LogP contribution in [0.3, 0.4) is 0 Å². The molecule has 0 aliphatic rings. The first-order chi connectivity index (χ1) is 16.2. The monoisotopic (exact) mass is 492 g/mol. The number of hydrogen-bond donors (Lipinski definition) is 0. The van der Waals surface area contributed by atoms with Crippen molar-refractivity contribution < 1.29 is 33.0 Å². The van der Waals surface area contributed by atoms with E-state index in [0.717, 1.165) is 0 Å². The normalized spacial score (nSPS) is 13.4. The number of nitro benzene ring substituents is 2. The van der Waals surface area contributed by atoms with Crippen molar-refractivity contribution in [2.45, 2.75) is 51.4 Å². The molecule has 182 valence electrons. The van der Waals surface area contributed by atoms with Gasteiger partial charge >= 0.3 is 20.2 Å². The molecule has 0 aliphatic carbocycles. The third kappa shape index (κ3) is 7.21. The van der Waals surface area contributed by atoms with Gasteiger partial charge in [0, 0.05) is 24.3 Å². The van der Waals surface area contributed by atoms with E-state index in [1.807, 2.05) is 13.8 Å². The number of nitrogens with zero attached hydrogens (tertiary/aromatic N) is 2. The van der Waals surface area contributed by atoms with E-state index in [-0.39, 0.29) is 11.4 Å². The lowest BCUT2D eigenvalue weighted by Gasteiger charge is -2.17. The van der Waals surface area contributed by atoms with Crippen LogP contribution in [0.5, 0.6) is 0 Å². The average Bonchev–Trinajstić information content (AvgIpc) is 2.80. The molecular formula is C22H25N2O9P. The highest BCUT2D eigenvalue weighted by Gasteiger charge is 2.28. The zero-order valence-electron chi connectivity index (χ0n) is 18.7. The summed E-state index contributed by atoms with van der Waals surface area (Å²) in [6.07, 6.45) is 1.83. The Labute approximate surface area is 196 Å². The van der Waals surface area contributed by atoms with Crippen molar-refractivity contribution in [3.8, 4) is 0 Å². The van der Waals surface area contributed by atoms with Gasteiger partial charge < -0.3 is 9.05 Å². The van der Waals surface area contributed by atoms with Crippen molar-refractivity contribution in [2.24, 2.45) is 0 Å². The molecule has 0 amide bonds. The predicted octanol–water partition coefficient (Wildman–Crippen LogP) is 5.45. The lowest BCUT2D eigenvalue weighted by atomic mass is 9.94. The van der Waals surface area contributed by atoms with Crippen molar-refractivity contribution in [1.29, 1.82) is 0 Å². The fourth-order valence-electron chi connectivity index (χ4n) is 3.40. The van der Waals surface area contributed by atoms with Crippen LogP contribution in [0.15, 0.2) is 48.5 Å². The van der Waals surface area contributed by atoms with Crippen LogP contribution in [0.1, 0.15) is 62.5 Å². The van der Waals surface area contributed by atoms with E-state index < -0.39 is 41.9 Å². The van der Waals surface area contributed by atoms with Gasteiger partial charge in [0.15, 0.2) is 0 Å². The number of nitro groups is 2. The van der Waals surface area contributed by atoms with Gasteiger partial charge in [-0.15, -0.1) is 0 Å². The molecule has 0 saturated carbocycles. The van der Waals surface area contributed by atoms with Gasteiger partial charge in [0.25, 0.3) is 11.4 Å². The van der Waals surface area contributed by atoms with E-state index in [9.17, 15) is 34.4 Å². The van der Waals surface area contributed by atoms with Crippen molar-refractivity contribution in [3.63, 3.8) is 0 Å². The molecule has 0 saturated heterocycles. The van der Waals surface area contributed by atoms with Crippen molar-refractivity contribution in [2.75, 3.05) is 0 Å². The average molecular weight is 492 g/mol. The highest BCUT2D eigenvalue weighted by atomic mass is 31.1. The first kappa shape index (κ1) is 26.7. The van der Waals surface area contributed by atoms with Crippen LogP contribution < -0.4 is 0 Å². The first-order valence-electron chi connectivity index (χ1n) is 10.6. The van der Waals surface area contributed by atoms with E-state index in [4.69, 9.17) is 9.05 Å². The minimum atomic E-state index is -3.53. The first-order valence-corrected chi connectivity index (χ1v) is 11.9. The standard InChI is InChI=1S/C22H25N2O9P/c1-3-5-19(15-7-11-17(12-8-15)23(27)28)21(25)32-34(31)33-22(26)20(6-4-2)16-9-13-18(14-10-16)24(29)30/h7-14,19-20,34H,3-6H2,1-2H3. The fourth-order valence-corrected chi connectivity index (χ4v) is 4.06. The molecular weight excluding hydrogens is 467 g/mol. The third-order valence-corrected chi connectivity index (χ3v) is 5.84. The Kier molecular flexibility index (Phi) is 9.88. The Morgan fingerprint density at radius 3 is 1.35 bits per heavy atom. The second kappa shape index (κ2) is 12.6. The molecule has 2 atom stereocenters. The summed E-state index contributed by atoms with van der Waals surface area (Å²) in [7, 11) is -3.53. The summed E-state index contributed by atoms with van der Waals surface area (Å²) in [4.78, 5) is 45.8. The van der Waals surface area contributed by atoms with E-state index in [2.05, 4.69) is 0 Å². The molecule has 2 rings (SSSR count). The second-order valence-electron chi connectivity index (χ2n) is 7.47. The van der Waals surface area contributed by atoms with Gasteiger partial charge in [0.2, 0.25) is 0 Å². The zero-order chi connectivity index (χ0) is 25.3. The Balaban J connectivity index is 2.09. The number of rotatable bonds is 12. The molecule has 2 aromatic carbocycles. The molecule has 12 heteroatoms. The molecule has 0 N–H and O–H groups in total. The highest BCUT2D eigenvalue weighted by molar-refractivity contribution is 7.34. The van der Waals surface area contributed by atoms with E-state index in [1.165, 1.54) is 48.5 Å². The summed E-state index contributed by atoms with van der Waals surface area (Å²) >= 11 is 0. The van der Waals surface area contributed by atoms with Gasteiger partial charge in [-0.05, 0) is 24.0 Å². The van der Waals surface area contributed by atoms with Crippen molar-refractivity contribution >= 4 is 31.6 Å². The lowest BCUT2D eigenvalue weighted by molar-refractivity contribution is -0.385. The summed E-state index contributed by atoms with van der Waals surface area (Å²) in [5.74, 6) is -3.40. The van der Waals surface area contributed by atoms with Gasteiger partial charge in [-0.1, -0.05) is 51.0 Å². The van der Waals surface area contributed by atoms with Crippen LogP contribution in [0.2, 0.25) is 0 Å². The van der Waals surface area contributed by atoms with Crippen LogP contribution in [0, 0.1) is 20.2 Å². The van der Waals surface area contributed by atoms with E-state index in [0.29, 0.717) is 36.8 Å². The topological polar surface area (TPSA) is 156 Å². The Bertz CT molecular complexity index is 972. The Morgan fingerprint density at radius 1 is 0.765 bits per heavy atom. The van der Waals surface area contributed by atoms with Gasteiger partial charge in [-0.3, -0.25) is 29.8 Å². The second-order valence-corrected chi connectivity index (χ2v) is 8.38. The number of carbonyl (C=O) groups excluding carboxylic acids is 2. The number of benzene rings is 2. The molecule has 0 spiro atoms. The third-order valence-electron chi connectivity index (χ3n) is 5.10. The quantitative estimate of drug-likeness (QED) is 0.214. The SMILES string of the molecule is CCCC(C(=O)O[PH](=O)OC(=O)C(CCC)c1ccc([N+](=O)[O-])cc1)c1ccc([N+](=O)[O-])cc1. The highest BCUT2D eigenvalue weighted by Crippen LogP contribution is 2.35. The van der Waals surface area contributed by atoms with Crippen LogP contribution in [-0.4, -0.2) is 21.8 Å². The smallest absolute Gasteiger partial charge is 0.384 e. The number of carbonyl (C=O) groups is 2. The molecule has 0 aromatic heterocycles. The van der Waals surface area contributed by atoms with Gasteiger partial charge in [-0.2, -0.15) is 0 Å². The minimum Gasteiger partial charge on any atom is -0.384 e. The molecule has 2 unspecified atom stereocenters. The van der Waals surface area contributed by atoms with Gasteiger partial charge in [-0.25, -0.2) is 4.57 Å². The van der Waals surface area contributed by atoms with Gasteiger partial charge in [0.1, 0.15) is 0 Å². The van der Waals surface area contributed by atoms with Crippen LogP contribution in [0.25, 0.3) is 0 Å². The van der Waals surface area contributed by atoms with Crippen LogP contribution in [-0.2, 0) is 23.2 Å². The summed E-state index contributed by atoms with van der Waals surface area (Å²) < 4.78 is 22.2. The van der Waals surface area contributed by atoms with E-state index in [1.54, 1.807) is 0 Å². The van der Waals surface area contributed by atoms with Crippen LogP contribution >= 0.6 is 8.25 Å². The molecule has 0 bridgehead atoms. The maximum Gasteiger partial charge on any atom is 0.423 e. The van der Waals surface area contributed by atoms with E-state index >= 15 is 0 Å². The summed E-state index contributed by atoms with van der Waals surface area (Å²) in [5.41, 5.74) is 0.632. The number of non-ortho nitro benzene ring substituents is 2. The summed E-state index contributed by atoms with van der Waals surface area (Å²) in [6, 6.07) is 10.7. The molecule has 0 aliphatic heterocycles. The number of hydrogen-bond acceptors (Lipinski definition) is 9. The van der Waals surface area contributed by atoms with Crippen molar-refractivity contribution in [1.82, 2.24) is 0 Å². The fraction of sp³-hybridized carbons (Fsp3) is 0.364. The summed E-state index contributed by atoms with van der Waals surface area (Å²) in [5, 5.41) is 21.7. The molecule has 0 fully saturated rings. The molecule has 0 heterocycles. The zero-order valence-corrected chi connectivity index (χ0v) is 19.7. The van der Waals surface area contributed by atoms with Crippen LogP contribution in [0.4, 0.5) is 11.4 Å². The van der Waals surface area contributed by atoms with Crippen molar-refractivity contribution in [3.05, 3.63) is 79.9 Å². The maximum absolute atomic E-state index is 12.6. The molecule has 34 heavy (non-hydrogen) atoms. The predicted molar refractivity (Wildman–Crippen MR) is 123 cm³/mol. The largest absolute Gasteiger partial charge is 0.423 e. The molecule has 11 nitrogen and oxygen atoms in total. The van der Waals surface area contributed by atoms with Gasteiger partial charge in [0.05, 0.1) is 21.7 Å². The maximum atomic E-state index is 12.6. The Hall–Kier alpha value is -3.59. The minimum absolute atomic E-state index is 0.136. The Morgan fingerprint density at radius 2 is 1.09 bits per heavy atom. The lowest BCUT2D eigenvalue weighted by Crippen LogP contribution is -2.16. The summed E-state index contributed by atoms with van der Waals surface area (Å²) in [6.45, 7) is 3.66.